The molecular weight excluding hydrogens is 190 g/mol. The number of rotatable bonds is 1. The van der Waals surface area contributed by atoms with Crippen molar-refractivity contribution in [3.63, 3.8) is 0 Å². The van der Waals surface area contributed by atoms with Gasteiger partial charge in [-0.3, -0.25) is 0 Å². The summed E-state index contributed by atoms with van der Waals surface area (Å²) in [5, 5.41) is 4.27. The van der Waals surface area contributed by atoms with Crippen molar-refractivity contribution in [2.24, 2.45) is 0 Å². The number of aryl methyl sites for hydroxylation is 1. The Bertz CT molecular complexity index is 294. The van der Waals surface area contributed by atoms with Crippen LogP contribution in [-0.2, 0) is 0 Å². The van der Waals surface area contributed by atoms with Gasteiger partial charge < -0.3 is 5.32 Å². The van der Waals surface area contributed by atoms with E-state index in [0.29, 0.717) is 11.3 Å². The van der Waals surface area contributed by atoms with Crippen molar-refractivity contribution in [3.8, 4) is 0 Å². The highest BCUT2D eigenvalue weighted by atomic mass is 32.2. The summed E-state index contributed by atoms with van der Waals surface area (Å²) < 4.78 is 0. The average molecular weight is 207 g/mol. The number of benzene rings is 1. The third-order valence-electron chi connectivity index (χ3n) is 2.75. The Kier molecular flexibility index (Phi) is 3.14. The Morgan fingerprint density at radius 3 is 2.64 bits per heavy atom. The summed E-state index contributed by atoms with van der Waals surface area (Å²) in [5.74, 6) is 1.24. The lowest BCUT2D eigenvalue weighted by Gasteiger charge is -2.30. The van der Waals surface area contributed by atoms with Gasteiger partial charge in [-0.05, 0) is 12.5 Å². The summed E-state index contributed by atoms with van der Waals surface area (Å²) in [6.07, 6.45) is 0. The molecule has 2 unspecified atom stereocenters. The molecule has 1 saturated heterocycles. The summed E-state index contributed by atoms with van der Waals surface area (Å²) in [6.45, 7) is 5.57. The Morgan fingerprint density at radius 2 is 2.00 bits per heavy atom. The molecule has 2 rings (SSSR count). The molecule has 0 amide bonds. The summed E-state index contributed by atoms with van der Waals surface area (Å²) in [4.78, 5) is 0. The number of nitrogens with one attached hydrogen (secondary N) is 1. The second-order valence-corrected chi connectivity index (χ2v) is 5.40. The van der Waals surface area contributed by atoms with Crippen LogP contribution in [0.2, 0.25) is 0 Å². The van der Waals surface area contributed by atoms with E-state index in [1.165, 1.54) is 16.9 Å². The normalized spacial score (nSPS) is 27.6. The predicted molar refractivity (Wildman–Crippen MR) is 63.8 cm³/mol. The minimum Gasteiger partial charge on any atom is -0.308 e. The van der Waals surface area contributed by atoms with Gasteiger partial charge in [0.1, 0.15) is 0 Å². The SMILES string of the molecule is Cc1ccc(C2NCCSC2C)cc1. The molecule has 1 aromatic rings. The first-order chi connectivity index (χ1) is 6.77. The first-order valence-corrected chi connectivity index (χ1v) is 6.24. The fraction of sp³-hybridized carbons (Fsp3) is 0.500. The van der Waals surface area contributed by atoms with Gasteiger partial charge in [-0.1, -0.05) is 36.8 Å². The van der Waals surface area contributed by atoms with E-state index in [1.807, 2.05) is 0 Å². The monoisotopic (exact) mass is 207 g/mol. The van der Waals surface area contributed by atoms with Crippen molar-refractivity contribution in [3.05, 3.63) is 35.4 Å². The average Bonchev–Trinajstić information content (AvgIpc) is 2.20. The molecule has 14 heavy (non-hydrogen) atoms. The van der Waals surface area contributed by atoms with Crippen LogP contribution in [0.15, 0.2) is 24.3 Å². The van der Waals surface area contributed by atoms with Crippen molar-refractivity contribution in [1.82, 2.24) is 5.32 Å². The van der Waals surface area contributed by atoms with Gasteiger partial charge in [0.2, 0.25) is 0 Å². The lowest BCUT2D eigenvalue weighted by atomic mass is 10.0. The Labute approximate surface area is 90.3 Å². The minimum absolute atomic E-state index is 0.536. The maximum Gasteiger partial charge on any atom is 0.0438 e. The van der Waals surface area contributed by atoms with Gasteiger partial charge in [-0.15, -0.1) is 0 Å². The van der Waals surface area contributed by atoms with Crippen molar-refractivity contribution >= 4 is 11.8 Å². The zero-order chi connectivity index (χ0) is 9.97. The van der Waals surface area contributed by atoms with Gasteiger partial charge in [0.25, 0.3) is 0 Å². The Hall–Kier alpha value is -0.470. The lowest BCUT2D eigenvalue weighted by molar-refractivity contribution is 0.534. The Morgan fingerprint density at radius 1 is 1.29 bits per heavy atom. The zero-order valence-electron chi connectivity index (χ0n) is 8.79. The molecular formula is C12H17NS. The van der Waals surface area contributed by atoms with Gasteiger partial charge in [-0.2, -0.15) is 11.8 Å². The topological polar surface area (TPSA) is 12.0 Å². The van der Waals surface area contributed by atoms with Crippen LogP contribution in [-0.4, -0.2) is 17.5 Å². The Balaban J connectivity index is 2.16. The molecule has 1 fully saturated rings. The van der Waals surface area contributed by atoms with Gasteiger partial charge in [-0.25, -0.2) is 0 Å². The van der Waals surface area contributed by atoms with Crippen molar-refractivity contribution in [2.75, 3.05) is 12.3 Å². The smallest absolute Gasteiger partial charge is 0.0438 e. The summed E-state index contributed by atoms with van der Waals surface area (Å²) >= 11 is 2.06. The van der Waals surface area contributed by atoms with Crippen LogP contribution in [0.25, 0.3) is 0 Å². The highest BCUT2D eigenvalue weighted by Gasteiger charge is 2.22. The van der Waals surface area contributed by atoms with Crippen LogP contribution in [0.4, 0.5) is 0 Å². The predicted octanol–water partition coefficient (Wildman–Crippen LogP) is 2.76. The van der Waals surface area contributed by atoms with E-state index in [0.717, 1.165) is 6.54 Å². The van der Waals surface area contributed by atoms with E-state index in [1.54, 1.807) is 0 Å². The summed E-state index contributed by atoms with van der Waals surface area (Å²) in [6, 6.07) is 9.42. The van der Waals surface area contributed by atoms with E-state index < -0.39 is 0 Å². The third kappa shape index (κ3) is 2.12. The highest BCUT2D eigenvalue weighted by molar-refractivity contribution is 8.00. The molecule has 1 aromatic carbocycles. The van der Waals surface area contributed by atoms with Gasteiger partial charge in [0.05, 0.1) is 0 Å². The van der Waals surface area contributed by atoms with Crippen LogP contribution in [0.1, 0.15) is 24.1 Å². The van der Waals surface area contributed by atoms with E-state index in [2.05, 4.69) is 55.2 Å². The maximum absolute atomic E-state index is 3.58. The van der Waals surface area contributed by atoms with E-state index in [-0.39, 0.29) is 0 Å². The minimum atomic E-state index is 0.536. The molecule has 0 saturated carbocycles. The van der Waals surface area contributed by atoms with Crippen LogP contribution >= 0.6 is 11.8 Å². The molecule has 2 atom stereocenters. The first kappa shape index (κ1) is 10.1. The van der Waals surface area contributed by atoms with Crippen molar-refractivity contribution in [2.45, 2.75) is 25.1 Å². The van der Waals surface area contributed by atoms with E-state index >= 15 is 0 Å². The fourth-order valence-electron chi connectivity index (χ4n) is 1.88. The summed E-state index contributed by atoms with van der Waals surface area (Å²) in [5.41, 5.74) is 2.76. The first-order valence-electron chi connectivity index (χ1n) is 5.19. The third-order valence-corrected chi connectivity index (χ3v) is 3.99. The molecule has 2 heteroatoms. The number of thioether (sulfide) groups is 1. The van der Waals surface area contributed by atoms with Gasteiger partial charge in [0, 0.05) is 23.6 Å². The molecule has 0 aromatic heterocycles. The van der Waals surface area contributed by atoms with E-state index in [9.17, 15) is 0 Å². The quantitative estimate of drug-likeness (QED) is 0.760. The fourth-order valence-corrected chi connectivity index (χ4v) is 2.94. The standard InChI is InChI=1S/C12H17NS/c1-9-3-5-11(6-4-9)12-10(2)14-8-7-13-12/h3-6,10,12-13H,7-8H2,1-2H3. The molecule has 0 bridgehead atoms. The molecule has 1 aliphatic rings. The van der Waals surface area contributed by atoms with Crippen molar-refractivity contribution < 1.29 is 0 Å². The molecule has 76 valence electrons. The number of hydrogen-bond donors (Lipinski definition) is 1. The van der Waals surface area contributed by atoms with Gasteiger partial charge in [0.15, 0.2) is 0 Å². The highest BCUT2D eigenvalue weighted by Crippen LogP contribution is 2.29. The molecule has 0 aliphatic carbocycles. The van der Waals surface area contributed by atoms with Gasteiger partial charge >= 0.3 is 0 Å². The lowest BCUT2D eigenvalue weighted by Crippen LogP contribution is -2.35. The largest absolute Gasteiger partial charge is 0.308 e. The van der Waals surface area contributed by atoms with Crippen LogP contribution in [0, 0.1) is 6.92 Å². The van der Waals surface area contributed by atoms with Crippen molar-refractivity contribution in [1.29, 1.82) is 0 Å². The van der Waals surface area contributed by atoms with Crippen LogP contribution in [0.3, 0.4) is 0 Å². The van der Waals surface area contributed by atoms with E-state index in [4.69, 9.17) is 0 Å². The molecule has 1 N–H and O–H groups in total. The second-order valence-electron chi connectivity index (χ2n) is 3.92. The molecule has 1 heterocycles. The van der Waals surface area contributed by atoms with Crippen LogP contribution in [0.5, 0.6) is 0 Å². The molecule has 0 radical (unpaired) electrons. The second kappa shape index (κ2) is 4.37. The molecule has 0 spiro atoms. The zero-order valence-corrected chi connectivity index (χ0v) is 9.60. The number of hydrogen-bond acceptors (Lipinski definition) is 2. The summed E-state index contributed by atoms with van der Waals surface area (Å²) in [7, 11) is 0. The molecule has 1 nitrogen and oxygen atoms in total. The maximum atomic E-state index is 3.58. The van der Waals surface area contributed by atoms with Crippen LogP contribution < -0.4 is 5.32 Å². The molecule has 1 aliphatic heterocycles.